The van der Waals surface area contributed by atoms with E-state index >= 15 is 0 Å². The van der Waals surface area contributed by atoms with E-state index in [4.69, 9.17) is 0 Å². The van der Waals surface area contributed by atoms with Crippen LogP contribution in [-0.4, -0.2) is 58.4 Å². The number of aromatic nitrogens is 3. The van der Waals surface area contributed by atoms with Crippen molar-refractivity contribution in [3.8, 4) is 9.88 Å². The van der Waals surface area contributed by atoms with Gasteiger partial charge in [0.2, 0.25) is 15.0 Å². The molecule has 1 fully saturated rings. The van der Waals surface area contributed by atoms with Crippen LogP contribution in [0.15, 0.2) is 57.5 Å². The molecule has 4 aromatic rings. The molecule has 3 aromatic heterocycles. The van der Waals surface area contributed by atoms with Crippen molar-refractivity contribution in [2.75, 3.05) is 26.2 Å². The Bertz CT molecular complexity index is 1420. The van der Waals surface area contributed by atoms with E-state index in [2.05, 4.69) is 15.0 Å². The Balaban J connectivity index is 1.30. The Morgan fingerprint density at radius 3 is 2.56 bits per heavy atom. The lowest BCUT2D eigenvalue weighted by Gasteiger charge is -2.34. The van der Waals surface area contributed by atoms with Crippen LogP contribution in [0.3, 0.4) is 0 Å². The number of nitrogens with zero attached hydrogens (tertiary/aromatic N) is 5. The molecule has 1 aromatic carbocycles. The van der Waals surface area contributed by atoms with Gasteiger partial charge in [-0.05, 0) is 30.0 Å². The molecule has 0 saturated carbocycles. The summed E-state index contributed by atoms with van der Waals surface area (Å²) in [6.45, 7) is 4.27. The molecule has 11 heteroatoms. The van der Waals surface area contributed by atoms with E-state index in [9.17, 15) is 13.2 Å². The highest BCUT2D eigenvalue weighted by molar-refractivity contribution is 7.89. The fraction of sp³-hybridized carbons (Fsp3) is 0.286. The summed E-state index contributed by atoms with van der Waals surface area (Å²) < 4.78 is 28.9. The molecule has 0 radical (unpaired) electrons. The summed E-state index contributed by atoms with van der Waals surface area (Å²) in [5.41, 5.74) is 1.22. The molecular weight excluding hydrogens is 466 g/mol. The SMILES string of the molecule is Cc1ccccc1S(=O)(=O)N1CCN(Cc2cc(=O)n3nc(-c4cccs4)sc3n2)CC1. The average Bonchev–Trinajstić information content (AvgIpc) is 3.44. The molecule has 0 N–H and O–H groups in total. The van der Waals surface area contributed by atoms with Crippen molar-refractivity contribution in [3.63, 3.8) is 0 Å². The summed E-state index contributed by atoms with van der Waals surface area (Å²) in [7, 11) is -3.51. The number of rotatable bonds is 5. The van der Waals surface area contributed by atoms with Gasteiger partial charge in [-0.2, -0.15) is 13.9 Å². The molecule has 4 heterocycles. The van der Waals surface area contributed by atoms with Crippen LogP contribution in [0.2, 0.25) is 0 Å². The molecule has 5 rings (SSSR count). The van der Waals surface area contributed by atoms with E-state index in [1.54, 1.807) is 23.5 Å². The second-order valence-corrected chi connectivity index (χ2v) is 11.4. The first kappa shape index (κ1) is 21.4. The van der Waals surface area contributed by atoms with Gasteiger partial charge in [0.05, 0.1) is 15.5 Å². The molecule has 1 aliphatic rings. The normalized spacial score (nSPS) is 16.0. The maximum atomic E-state index is 13.0. The summed E-state index contributed by atoms with van der Waals surface area (Å²) >= 11 is 2.97. The molecule has 8 nitrogen and oxygen atoms in total. The quantitative estimate of drug-likeness (QED) is 0.430. The number of piperazine rings is 1. The smallest absolute Gasteiger partial charge is 0.275 e. The highest BCUT2D eigenvalue weighted by Crippen LogP contribution is 2.28. The topological polar surface area (TPSA) is 87.9 Å². The van der Waals surface area contributed by atoms with Gasteiger partial charge in [0.25, 0.3) is 5.56 Å². The number of benzene rings is 1. The van der Waals surface area contributed by atoms with E-state index in [0.717, 1.165) is 15.4 Å². The Kier molecular flexibility index (Phi) is 5.68. The zero-order valence-corrected chi connectivity index (χ0v) is 19.8. The fourth-order valence-electron chi connectivity index (χ4n) is 3.78. The van der Waals surface area contributed by atoms with Crippen LogP contribution in [0.25, 0.3) is 14.8 Å². The predicted octanol–water partition coefficient (Wildman–Crippen LogP) is 2.69. The molecular formula is C21H21N5O3S3. The predicted molar refractivity (Wildman–Crippen MR) is 126 cm³/mol. The van der Waals surface area contributed by atoms with Crippen molar-refractivity contribution in [1.29, 1.82) is 0 Å². The monoisotopic (exact) mass is 487 g/mol. The minimum atomic E-state index is -3.51. The van der Waals surface area contributed by atoms with Gasteiger partial charge in [-0.15, -0.1) is 11.3 Å². The Hall–Kier alpha value is -2.44. The highest BCUT2D eigenvalue weighted by Gasteiger charge is 2.29. The fourth-order valence-corrected chi connectivity index (χ4v) is 7.14. The van der Waals surface area contributed by atoms with Crippen LogP contribution in [0.4, 0.5) is 0 Å². The van der Waals surface area contributed by atoms with Crippen molar-refractivity contribution >= 4 is 37.7 Å². The lowest BCUT2D eigenvalue weighted by Crippen LogP contribution is -2.48. The van der Waals surface area contributed by atoms with Crippen LogP contribution < -0.4 is 5.56 Å². The van der Waals surface area contributed by atoms with Crippen LogP contribution in [0.5, 0.6) is 0 Å². The molecule has 0 amide bonds. The molecule has 0 unspecified atom stereocenters. The van der Waals surface area contributed by atoms with Gasteiger partial charge in [-0.3, -0.25) is 9.69 Å². The Labute approximate surface area is 193 Å². The minimum absolute atomic E-state index is 0.204. The molecule has 166 valence electrons. The summed E-state index contributed by atoms with van der Waals surface area (Å²) in [5.74, 6) is 0. The van der Waals surface area contributed by atoms with Gasteiger partial charge in [-0.25, -0.2) is 13.4 Å². The van der Waals surface area contributed by atoms with Gasteiger partial charge in [0.15, 0.2) is 5.01 Å². The third-order valence-electron chi connectivity index (χ3n) is 5.46. The van der Waals surface area contributed by atoms with E-state index < -0.39 is 10.0 Å². The third-order valence-corrected chi connectivity index (χ3v) is 9.46. The number of fused-ring (bicyclic) bond motifs is 1. The molecule has 0 spiro atoms. The average molecular weight is 488 g/mol. The van der Waals surface area contributed by atoms with Crippen LogP contribution in [0.1, 0.15) is 11.3 Å². The molecule has 1 aliphatic heterocycles. The van der Waals surface area contributed by atoms with E-state index in [-0.39, 0.29) is 5.56 Å². The summed E-state index contributed by atoms with van der Waals surface area (Å²) in [4.78, 5) is 21.3. The maximum absolute atomic E-state index is 13.0. The second-order valence-electron chi connectivity index (χ2n) is 7.61. The van der Waals surface area contributed by atoms with Crippen LogP contribution in [0, 0.1) is 6.92 Å². The van der Waals surface area contributed by atoms with Gasteiger partial charge in [-0.1, -0.05) is 35.6 Å². The first-order chi connectivity index (χ1) is 15.4. The van der Waals surface area contributed by atoms with Crippen LogP contribution >= 0.6 is 22.7 Å². The van der Waals surface area contributed by atoms with Gasteiger partial charge >= 0.3 is 0 Å². The third kappa shape index (κ3) is 4.02. The van der Waals surface area contributed by atoms with Gasteiger partial charge in [0.1, 0.15) is 0 Å². The molecule has 0 bridgehead atoms. The second kappa shape index (κ2) is 8.49. The number of thiophene rings is 1. The number of hydrogen-bond acceptors (Lipinski definition) is 8. The number of aryl methyl sites for hydroxylation is 1. The lowest BCUT2D eigenvalue weighted by atomic mass is 10.2. The molecule has 1 saturated heterocycles. The molecule has 32 heavy (non-hydrogen) atoms. The Morgan fingerprint density at radius 2 is 1.84 bits per heavy atom. The summed E-state index contributed by atoms with van der Waals surface area (Å²) in [6.07, 6.45) is 0. The number of hydrogen-bond donors (Lipinski definition) is 0. The zero-order valence-electron chi connectivity index (χ0n) is 17.3. The largest absolute Gasteiger partial charge is 0.295 e. The maximum Gasteiger partial charge on any atom is 0.275 e. The molecule has 0 atom stereocenters. The molecule has 0 aliphatic carbocycles. The number of sulfonamides is 1. The van der Waals surface area contributed by atoms with Gasteiger partial charge < -0.3 is 0 Å². The van der Waals surface area contributed by atoms with Crippen molar-refractivity contribution in [2.24, 2.45) is 0 Å². The van der Waals surface area contributed by atoms with E-state index in [0.29, 0.717) is 48.3 Å². The summed E-state index contributed by atoms with van der Waals surface area (Å²) in [5, 5.41) is 7.15. The summed E-state index contributed by atoms with van der Waals surface area (Å²) in [6, 6.07) is 12.5. The van der Waals surface area contributed by atoms with Gasteiger partial charge in [0, 0.05) is 38.8 Å². The standard InChI is InChI=1S/C21H21N5O3S3/c1-15-5-2-3-7-18(15)32(28,29)25-10-8-24(9-11-25)14-16-13-19(27)26-21(22-16)31-20(23-26)17-6-4-12-30-17/h2-7,12-13H,8-11,14H2,1H3. The van der Waals surface area contributed by atoms with Crippen molar-refractivity contribution in [1.82, 2.24) is 23.8 Å². The zero-order chi connectivity index (χ0) is 22.3. The van der Waals surface area contributed by atoms with Crippen molar-refractivity contribution in [2.45, 2.75) is 18.4 Å². The van der Waals surface area contributed by atoms with Crippen molar-refractivity contribution < 1.29 is 8.42 Å². The first-order valence-corrected chi connectivity index (χ1v) is 13.3. The Morgan fingerprint density at radius 1 is 1.06 bits per heavy atom. The highest BCUT2D eigenvalue weighted by atomic mass is 32.2. The first-order valence-electron chi connectivity index (χ1n) is 10.1. The minimum Gasteiger partial charge on any atom is -0.295 e. The van der Waals surface area contributed by atoms with E-state index in [1.165, 1.54) is 26.2 Å². The van der Waals surface area contributed by atoms with Crippen molar-refractivity contribution in [3.05, 3.63) is 69.5 Å². The lowest BCUT2D eigenvalue weighted by molar-refractivity contribution is 0.180. The van der Waals surface area contributed by atoms with Crippen LogP contribution in [-0.2, 0) is 16.6 Å². The van der Waals surface area contributed by atoms with E-state index in [1.807, 2.05) is 36.6 Å².